The highest BCUT2D eigenvalue weighted by Gasteiger charge is 2.41. The summed E-state index contributed by atoms with van der Waals surface area (Å²) in [6.45, 7) is 0. The molecule has 2 aliphatic heterocycles. The van der Waals surface area contributed by atoms with Crippen LogP contribution in [0.4, 0.5) is 0 Å². The topological polar surface area (TPSA) is 38.0 Å². The Morgan fingerprint density at radius 2 is 1.96 bits per heavy atom. The normalized spacial score (nSPS) is 21.0. The summed E-state index contributed by atoms with van der Waals surface area (Å²) >= 11 is 9.62. The zero-order valence-electron chi connectivity index (χ0n) is 13.6. The van der Waals surface area contributed by atoms with E-state index in [0.717, 1.165) is 39.2 Å². The molecule has 1 aromatic heterocycles. The molecular formula is C20H14BrClN2O2. The number of benzene rings is 2. The fourth-order valence-electron chi connectivity index (χ4n) is 3.50. The molecule has 2 atom stereocenters. The summed E-state index contributed by atoms with van der Waals surface area (Å²) in [5.41, 5.74) is 3.06. The molecule has 3 aromatic rings. The number of hydrazone groups is 1. The molecule has 0 saturated carbocycles. The van der Waals surface area contributed by atoms with Crippen molar-refractivity contribution in [2.75, 3.05) is 0 Å². The molecule has 0 saturated heterocycles. The van der Waals surface area contributed by atoms with E-state index in [0.29, 0.717) is 5.02 Å². The van der Waals surface area contributed by atoms with Crippen LogP contribution in [0.3, 0.4) is 0 Å². The lowest BCUT2D eigenvalue weighted by Gasteiger charge is -2.38. The fraction of sp³-hybridized carbons (Fsp3) is 0.150. The van der Waals surface area contributed by atoms with Crippen molar-refractivity contribution in [3.8, 4) is 5.75 Å². The Labute approximate surface area is 164 Å². The molecule has 26 heavy (non-hydrogen) atoms. The number of hydrogen-bond donors (Lipinski definition) is 0. The molecule has 2 aliphatic rings. The number of fused-ring (bicyclic) bond motifs is 3. The Morgan fingerprint density at radius 3 is 2.73 bits per heavy atom. The minimum atomic E-state index is -0.307. The molecule has 0 amide bonds. The van der Waals surface area contributed by atoms with Gasteiger partial charge in [-0.15, -0.1) is 0 Å². The molecule has 0 spiro atoms. The summed E-state index contributed by atoms with van der Waals surface area (Å²) in [5, 5.41) is 7.57. The second kappa shape index (κ2) is 6.18. The molecule has 0 unspecified atom stereocenters. The molecule has 6 heteroatoms. The van der Waals surface area contributed by atoms with Crippen molar-refractivity contribution in [3.63, 3.8) is 0 Å². The zero-order valence-corrected chi connectivity index (χ0v) is 15.9. The van der Waals surface area contributed by atoms with Crippen LogP contribution in [0.5, 0.6) is 5.75 Å². The number of halogens is 2. The molecule has 130 valence electrons. The number of furan rings is 1. The standard InChI is InChI=1S/C20H14BrClN2O2/c21-13-5-8-18-15(10-13)17-11-16(19-2-1-9-25-19)23-24(17)20(26-18)12-3-6-14(22)7-4-12/h1-10,17,20H,11H2/t17-,20+/m0/s1. The average molecular weight is 430 g/mol. The van der Waals surface area contributed by atoms with Crippen LogP contribution in [0.1, 0.15) is 35.6 Å². The van der Waals surface area contributed by atoms with Crippen molar-refractivity contribution in [2.45, 2.75) is 18.7 Å². The van der Waals surface area contributed by atoms with Gasteiger partial charge >= 0.3 is 0 Å². The van der Waals surface area contributed by atoms with Crippen LogP contribution in [-0.4, -0.2) is 10.7 Å². The molecular weight excluding hydrogens is 416 g/mol. The highest BCUT2D eigenvalue weighted by Crippen LogP contribution is 2.48. The molecule has 0 bridgehead atoms. The quantitative estimate of drug-likeness (QED) is 0.506. The maximum Gasteiger partial charge on any atom is 0.213 e. The minimum absolute atomic E-state index is 0.0945. The fourth-order valence-corrected chi connectivity index (χ4v) is 4.00. The van der Waals surface area contributed by atoms with Gasteiger partial charge in [-0.25, -0.2) is 5.01 Å². The van der Waals surface area contributed by atoms with Crippen LogP contribution in [0.2, 0.25) is 5.02 Å². The van der Waals surface area contributed by atoms with E-state index in [2.05, 4.69) is 22.0 Å². The number of rotatable bonds is 2. The second-order valence-corrected chi connectivity index (χ2v) is 7.68. The maximum atomic E-state index is 6.32. The zero-order chi connectivity index (χ0) is 17.7. The Hall–Kier alpha value is -2.24. The summed E-state index contributed by atoms with van der Waals surface area (Å²) in [5.74, 6) is 1.68. The van der Waals surface area contributed by atoms with Crippen molar-refractivity contribution < 1.29 is 9.15 Å². The van der Waals surface area contributed by atoms with E-state index in [1.807, 2.05) is 53.5 Å². The molecule has 3 heterocycles. The van der Waals surface area contributed by atoms with Gasteiger partial charge in [0.2, 0.25) is 6.23 Å². The highest BCUT2D eigenvalue weighted by molar-refractivity contribution is 9.10. The third-order valence-corrected chi connectivity index (χ3v) is 5.46. The van der Waals surface area contributed by atoms with Gasteiger partial charge in [0, 0.05) is 27.0 Å². The molecule has 5 rings (SSSR count). The van der Waals surface area contributed by atoms with E-state index in [1.165, 1.54) is 0 Å². The lowest BCUT2D eigenvalue weighted by Crippen LogP contribution is -2.33. The van der Waals surface area contributed by atoms with Gasteiger partial charge in [-0.1, -0.05) is 39.7 Å². The first-order chi connectivity index (χ1) is 12.7. The van der Waals surface area contributed by atoms with Crippen molar-refractivity contribution in [2.24, 2.45) is 5.10 Å². The smallest absolute Gasteiger partial charge is 0.213 e. The van der Waals surface area contributed by atoms with Crippen LogP contribution < -0.4 is 4.74 Å². The van der Waals surface area contributed by atoms with E-state index in [-0.39, 0.29) is 12.3 Å². The molecule has 0 fully saturated rings. The predicted molar refractivity (Wildman–Crippen MR) is 103 cm³/mol. The first-order valence-electron chi connectivity index (χ1n) is 8.30. The van der Waals surface area contributed by atoms with Gasteiger partial charge in [-0.05, 0) is 42.5 Å². The van der Waals surface area contributed by atoms with Crippen LogP contribution in [0.25, 0.3) is 0 Å². The van der Waals surface area contributed by atoms with Gasteiger partial charge in [-0.2, -0.15) is 5.10 Å². The predicted octanol–water partition coefficient (Wildman–Crippen LogP) is 5.94. The summed E-state index contributed by atoms with van der Waals surface area (Å²) in [6, 6.07) is 17.7. The van der Waals surface area contributed by atoms with Crippen molar-refractivity contribution >= 4 is 33.2 Å². The second-order valence-electron chi connectivity index (χ2n) is 6.33. The summed E-state index contributed by atoms with van der Waals surface area (Å²) in [4.78, 5) is 0. The van der Waals surface area contributed by atoms with Crippen molar-refractivity contribution in [1.29, 1.82) is 0 Å². The number of ether oxygens (including phenoxy) is 1. The first kappa shape index (κ1) is 16.0. The van der Waals surface area contributed by atoms with Crippen LogP contribution in [0.15, 0.2) is 74.9 Å². The monoisotopic (exact) mass is 428 g/mol. The van der Waals surface area contributed by atoms with E-state index in [4.69, 9.17) is 25.9 Å². The summed E-state index contributed by atoms with van der Waals surface area (Å²) in [6.07, 6.45) is 2.13. The third-order valence-electron chi connectivity index (χ3n) is 4.71. The van der Waals surface area contributed by atoms with Crippen molar-refractivity contribution in [3.05, 3.63) is 87.2 Å². The molecule has 0 aliphatic carbocycles. The summed E-state index contributed by atoms with van der Waals surface area (Å²) < 4.78 is 12.9. The molecule has 2 aromatic carbocycles. The first-order valence-corrected chi connectivity index (χ1v) is 9.47. The SMILES string of the molecule is Clc1ccc([C@H]2Oc3ccc(Br)cc3[C@@H]3CC(c4ccco4)=NN23)cc1. The van der Waals surface area contributed by atoms with E-state index in [9.17, 15) is 0 Å². The van der Waals surface area contributed by atoms with Gasteiger partial charge < -0.3 is 9.15 Å². The average Bonchev–Trinajstić information content (AvgIpc) is 3.32. The number of hydrogen-bond acceptors (Lipinski definition) is 4. The van der Waals surface area contributed by atoms with Crippen LogP contribution >= 0.6 is 27.5 Å². The van der Waals surface area contributed by atoms with Gasteiger partial charge in [-0.3, -0.25) is 0 Å². The van der Waals surface area contributed by atoms with Gasteiger partial charge in [0.1, 0.15) is 17.2 Å². The van der Waals surface area contributed by atoms with E-state index in [1.54, 1.807) is 6.26 Å². The summed E-state index contributed by atoms with van der Waals surface area (Å²) in [7, 11) is 0. The largest absolute Gasteiger partial charge is 0.464 e. The van der Waals surface area contributed by atoms with Gasteiger partial charge in [0.15, 0.2) is 0 Å². The van der Waals surface area contributed by atoms with Gasteiger partial charge in [0.25, 0.3) is 0 Å². The van der Waals surface area contributed by atoms with Crippen molar-refractivity contribution in [1.82, 2.24) is 5.01 Å². The lowest BCUT2D eigenvalue weighted by molar-refractivity contribution is -0.0190. The molecule has 0 N–H and O–H groups in total. The Balaban J connectivity index is 1.61. The lowest BCUT2D eigenvalue weighted by atomic mass is 9.97. The van der Waals surface area contributed by atoms with E-state index < -0.39 is 0 Å². The highest BCUT2D eigenvalue weighted by atomic mass is 79.9. The maximum absolute atomic E-state index is 6.32. The van der Waals surface area contributed by atoms with Crippen LogP contribution in [0, 0.1) is 0 Å². The molecule has 4 nitrogen and oxygen atoms in total. The Kier molecular flexibility index (Phi) is 3.80. The molecule has 0 radical (unpaired) electrons. The third kappa shape index (κ3) is 2.63. The Bertz CT molecular complexity index is 986. The van der Waals surface area contributed by atoms with E-state index >= 15 is 0 Å². The van der Waals surface area contributed by atoms with Crippen LogP contribution in [-0.2, 0) is 0 Å². The van der Waals surface area contributed by atoms with Gasteiger partial charge in [0.05, 0.1) is 12.3 Å². The number of nitrogens with zero attached hydrogens (tertiary/aromatic N) is 2. The minimum Gasteiger partial charge on any atom is -0.464 e. The Morgan fingerprint density at radius 1 is 1.12 bits per heavy atom.